The van der Waals surface area contributed by atoms with E-state index in [0.29, 0.717) is 6.04 Å². The summed E-state index contributed by atoms with van der Waals surface area (Å²) in [6.45, 7) is 9.13. The molecule has 0 amide bonds. The summed E-state index contributed by atoms with van der Waals surface area (Å²) < 4.78 is 2.42. The van der Waals surface area contributed by atoms with Gasteiger partial charge in [-0.1, -0.05) is 26.2 Å². The Balaban J connectivity index is 1.60. The van der Waals surface area contributed by atoms with Gasteiger partial charge in [0.05, 0.1) is 5.69 Å². The summed E-state index contributed by atoms with van der Waals surface area (Å²) in [4.78, 5) is 7.27. The zero-order valence-corrected chi connectivity index (χ0v) is 13.6. The SMILES string of the molecule is CCN1CCC(CNc2nc(C)cn2C2CCCCC2)C1. The molecule has 1 aliphatic heterocycles. The molecule has 1 aromatic rings. The third-order valence-electron chi connectivity index (χ3n) is 5.19. The third kappa shape index (κ3) is 3.60. The molecule has 3 rings (SSSR count). The van der Waals surface area contributed by atoms with Crippen molar-refractivity contribution in [3.8, 4) is 0 Å². The first-order valence-electron chi connectivity index (χ1n) is 8.78. The molecule has 2 fully saturated rings. The van der Waals surface area contributed by atoms with Crippen LogP contribution in [-0.4, -0.2) is 40.6 Å². The molecule has 0 aromatic carbocycles. The van der Waals surface area contributed by atoms with Gasteiger partial charge in [-0.25, -0.2) is 4.98 Å². The van der Waals surface area contributed by atoms with Gasteiger partial charge in [-0.3, -0.25) is 0 Å². The Labute approximate surface area is 128 Å². The lowest BCUT2D eigenvalue weighted by molar-refractivity contribution is 0.343. The van der Waals surface area contributed by atoms with E-state index in [4.69, 9.17) is 4.98 Å². The van der Waals surface area contributed by atoms with Gasteiger partial charge in [0.1, 0.15) is 0 Å². The molecule has 21 heavy (non-hydrogen) atoms. The Morgan fingerprint density at radius 2 is 2.05 bits per heavy atom. The van der Waals surface area contributed by atoms with Gasteiger partial charge in [0, 0.05) is 25.3 Å². The van der Waals surface area contributed by atoms with Gasteiger partial charge >= 0.3 is 0 Å². The average Bonchev–Trinajstić information content (AvgIpc) is 3.12. The maximum atomic E-state index is 4.72. The summed E-state index contributed by atoms with van der Waals surface area (Å²) in [6, 6.07) is 0.665. The highest BCUT2D eigenvalue weighted by Gasteiger charge is 2.23. The Bertz CT molecular complexity index is 448. The second-order valence-corrected chi connectivity index (χ2v) is 6.83. The number of aromatic nitrogens is 2. The van der Waals surface area contributed by atoms with Crippen LogP contribution in [0.4, 0.5) is 5.95 Å². The highest BCUT2D eigenvalue weighted by Crippen LogP contribution is 2.31. The minimum atomic E-state index is 0.665. The Kier molecular flexibility index (Phi) is 4.84. The van der Waals surface area contributed by atoms with Crippen molar-refractivity contribution in [3.63, 3.8) is 0 Å². The van der Waals surface area contributed by atoms with E-state index in [9.17, 15) is 0 Å². The van der Waals surface area contributed by atoms with E-state index in [1.54, 1.807) is 0 Å². The zero-order chi connectivity index (χ0) is 14.7. The van der Waals surface area contributed by atoms with Gasteiger partial charge in [0.15, 0.2) is 0 Å². The molecule has 1 unspecified atom stereocenters. The molecule has 1 atom stereocenters. The van der Waals surface area contributed by atoms with Gasteiger partial charge in [0.25, 0.3) is 0 Å². The second kappa shape index (κ2) is 6.82. The lowest BCUT2D eigenvalue weighted by atomic mass is 9.95. The van der Waals surface area contributed by atoms with Gasteiger partial charge in [-0.05, 0) is 45.2 Å². The number of anilines is 1. The van der Waals surface area contributed by atoms with E-state index >= 15 is 0 Å². The summed E-state index contributed by atoms with van der Waals surface area (Å²) in [5.41, 5.74) is 1.14. The molecule has 0 spiro atoms. The minimum absolute atomic E-state index is 0.665. The van der Waals surface area contributed by atoms with Crippen molar-refractivity contribution in [1.29, 1.82) is 0 Å². The van der Waals surface area contributed by atoms with E-state index in [-0.39, 0.29) is 0 Å². The van der Waals surface area contributed by atoms with Crippen LogP contribution in [0.15, 0.2) is 6.20 Å². The molecule has 2 heterocycles. The molecule has 1 N–H and O–H groups in total. The Hall–Kier alpha value is -1.03. The molecule has 1 saturated carbocycles. The number of nitrogens with zero attached hydrogens (tertiary/aromatic N) is 3. The summed E-state index contributed by atoms with van der Waals surface area (Å²) in [5, 5.41) is 3.64. The predicted octanol–water partition coefficient (Wildman–Crippen LogP) is 3.45. The fourth-order valence-electron chi connectivity index (χ4n) is 3.89. The number of imidazole rings is 1. The summed E-state index contributed by atoms with van der Waals surface area (Å²) in [6.07, 6.45) is 10.3. The van der Waals surface area contributed by atoms with Crippen molar-refractivity contribution < 1.29 is 0 Å². The maximum Gasteiger partial charge on any atom is 0.203 e. The molecule has 1 aliphatic carbocycles. The lowest BCUT2D eigenvalue weighted by Gasteiger charge is -2.25. The molecule has 1 aromatic heterocycles. The Morgan fingerprint density at radius 3 is 2.76 bits per heavy atom. The molecule has 4 heteroatoms. The van der Waals surface area contributed by atoms with Crippen LogP contribution in [0, 0.1) is 12.8 Å². The van der Waals surface area contributed by atoms with Crippen molar-refractivity contribution >= 4 is 5.95 Å². The van der Waals surface area contributed by atoms with E-state index in [1.807, 2.05) is 0 Å². The first-order chi connectivity index (χ1) is 10.3. The summed E-state index contributed by atoms with van der Waals surface area (Å²) in [5.74, 6) is 1.89. The molecule has 4 nitrogen and oxygen atoms in total. The topological polar surface area (TPSA) is 33.1 Å². The number of hydrogen-bond acceptors (Lipinski definition) is 3. The zero-order valence-electron chi connectivity index (χ0n) is 13.6. The summed E-state index contributed by atoms with van der Waals surface area (Å²) in [7, 11) is 0. The van der Waals surface area contributed by atoms with Crippen molar-refractivity contribution in [2.45, 2.75) is 58.4 Å². The van der Waals surface area contributed by atoms with Crippen molar-refractivity contribution in [2.75, 3.05) is 31.5 Å². The van der Waals surface area contributed by atoms with Crippen LogP contribution < -0.4 is 5.32 Å². The second-order valence-electron chi connectivity index (χ2n) is 6.83. The van der Waals surface area contributed by atoms with E-state index in [0.717, 1.165) is 24.1 Å². The van der Waals surface area contributed by atoms with Gasteiger partial charge in [-0.2, -0.15) is 0 Å². The lowest BCUT2D eigenvalue weighted by Crippen LogP contribution is -2.23. The van der Waals surface area contributed by atoms with Crippen LogP contribution in [0.5, 0.6) is 0 Å². The number of aryl methyl sites for hydroxylation is 1. The summed E-state index contributed by atoms with van der Waals surface area (Å²) >= 11 is 0. The van der Waals surface area contributed by atoms with Crippen LogP contribution in [0.25, 0.3) is 0 Å². The molecule has 2 aliphatic rings. The molecule has 1 saturated heterocycles. The normalized spacial score (nSPS) is 24.6. The molecule has 0 bridgehead atoms. The predicted molar refractivity (Wildman–Crippen MR) is 87.8 cm³/mol. The molecular formula is C17H30N4. The first kappa shape index (κ1) is 14.9. The number of rotatable bonds is 5. The largest absolute Gasteiger partial charge is 0.355 e. The van der Waals surface area contributed by atoms with Crippen LogP contribution in [-0.2, 0) is 0 Å². The smallest absolute Gasteiger partial charge is 0.203 e. The standard InChI is InChI=1S/C17H30N4/c1-3-20-10-9-15(13-20)11-18-17-19-14(2)12-21(17)16-7-5-4-6-8-16/h12,15-16H,3-11,13H2,1-2H3,(H,18,19). The van der Waals surface area contributed by atoms with Gasteiger partial charge in [-0.15, -0.1) is 0 Å². The minimum Gasteiger partial charge on any atom is -0.355 e. The van der Waals surface area contributed by atoms with Gasteiger partial charge < -0.3 is 14.8 Å². The molecule has 0 radical (unpaired) electrons. The highest BCUT2D eigenvalue weighted by atomic mass is 15.2. The fraction of sp³-hybridized carbons (Fsp3) is 0.824. The van der Waals surface area contributed by atoms with Crippen molar-refractivity contribution in [1.82, 2.24) is 14.5 Å². The monoisotopic (exact) mass is 290 g/mol. The van der Waals surface area contributed by atoms with Crippen LogP contribution >= 0.6 is 0 Å². The third-order valence-corrected chi connectivity index (χ3v) is 5.19. The van der Waals surface area contributed by atoms with Crippen molar-refractivity contribution in [3.05, 3.63) is 11.9 Å². The van der Waals surface area contributed by atoms with Crippen LogP contribution in [0.3, 0.4) is 0 Å². The number of likely N-dealkylation sites (tertiary alicyclic amines) is 1. The fourth-order valence-corrected chi connectivity index (χ4v) is 3.89. The van der Waals surface area contributed by atoms with E-state index in [1.165, 1.54) is 58.2 Å². The first-order valence-corrected chi connectivity index (χ1v) is 8.78. The number of hydrogen-bond donors (Lipinski definition) is 1. The van der Waals surface area contributed by atoms with Crippen LogP contribution in [0.1, 0.15) is 57.2 Å². The molecule has 118 valence electrons. The van der Waals surface area contributed by atoms with Gasteiger partial charge in [0.2, 0.25) is 5.95 Å². The number of nitrogens with one attached hydrogen (secondary N) is 1. The average molecular weight is 290 g/mol. The quantitative estimate of drug-likeness (QED) is 0.901. The van der Waals surface area contributed by atoms with Crippen molar-refractivity contribution in [2.24, 2.45) is 5.92 Å². The van der Waals surface area contributed by atoms with E-state index < -0.39 is 0 Å². The van der Waals surface area contributed by atoms with E-state index in [2.05, 4.69) is 34.8 Å². The highest BCUT2D eigenvalue weighted by molar-refractivity contribution is 5.30. The Morgan fingerprint density at radius 1 is 1.24 bits per heavy atom. The molecular weight excluding hydrogens is 260 g/mol. The maximum absolute atomic E-state index is 4.72. The van der Waals surface area contributed by atoms with Crippen LogP contribution in [0.2, 0.25) is 0 Å².